The normalized spacial score (nSPS) is 19.0. The van der Waals surface area contributed by atoms with Crippen molar-refractivity contribution in [2.75, 3.05) is 6.54 Å². The number of aromatic nitrogens is 1. The molecule has 0 bridgehead atoms. The molecule has 1 N–H and O–H groups in total. The molecular formula is C10H14N2O2. The topological polar surface area (TPSA) is 51.2 Å². The lowest BCUT2D eigenvalue weighted by atomic mass is 10.1. The maximum absolute atomic E-state index is 10.7. The molecule has 1 unspecified atom stereocenters. The van der Waals surface area contributed by atoms with E-state index in [1.54, 1.807) is 12.4 Å². The fraction of sp³-hybridized carbons (Fsp3) is 0.400. The highest BCUT2D eigenvalue weighted by Gasteiger charge is 2.23. The number of carbonyl (C=O) groups is 1. The van der Waals surface area contributed by atoms with Crippen LogP contribution >= 0.6 is 0 Å². The molecule has 1 atom stereocenters. The molecule has 2 rings (SSSR count). The highest BCUT2D eigenvalue weighted by Crippen LogP contribution is 2.19. The van der Waals surface area contributed by atoms with Crippen molar-refractivity contribution in [2.45, 2.75) is 20.0 Å². The number of cyclic esters (lactones) is 1. The van der Waals surface area contributed by atoms with E-state index >= 15 is 0 Å². The Labute approximate surface area is 83.3 Å². The average molecular weight is 194 g/mol. The van der Waals surface area contributed by atoms with E-state index in [-0.39, 0.29) is 12.2 Å². The third kappa shape index (κ3) is 2.45. The number of pyridine rings is 1. The molecule has 1 aliphatic rings. The van der Waals surface area contributed by atoms with Crippen molar-refractivity contribution in [3.63, 3.8) is 0 Å². The van der Waals surface area contributed by atoms with E-state index < -0.39 is 0 Å². The molecule has 2 heterocycles. The first-order valence-corrected chi connectivity index (χ1v) is 4.70. The number of nitrogens with zero attached hydrogens (tertiary/aromatic N) is 1. The molecule has 14 heavy (non-hydrogen) atoms. The van der Waals surface area contributed by atoms with E-state index in [0.717, 1.165) is 5.56 Å². The SMILES string of the molecule is CC.O=C1NCC(c2ccncc2)O1. The summed E-state index contributed by atoms with van der Waals surface area (Å²) < 4.78 is 4.97. The Hall–Kier alpha value is -1.58. The Morgan fingerprint density at radius 1 is 1.43 bits per heavy atom. The molecule has 0 saturated carbocycles. The number of alkyl carbamates (subject to hydrolysis) is 1. The lowest BCUT2D eigenvalue weighted by Crippen LogP contribution is -2.12. The molecule has 1 aliphatic heterocycles. The zero-order valence-corrected chi connectivity index (χ0v) is 8.36. The van der Waals surface area contributed by atoms with E-state index in [1.165, 1.54) is 0 Å². The first-order chi connectivity index (χ1) is 6.86. The molecule has 0 radical (unpaired) electrons. The summed E-state index contributed by atoms with van der Waals surface area (Å²) in [5.41, 5.74) is 0.975. The summed E-state index contributed by atoms with van der Waals surface area (Å²) in [5, 5.41) is 2.59. The van der Waals surface area contributed by atoms with Crippen LogP contribution in [0.2, 0.25) is 0 Å². The van der Waals surface area contributed by atoms with Gasteiger partial charge < -0.3 is 10.1 Å². The van der Waals surface area contributed by atoms with Crippen LogP contribution in [0.15, 0.2) is 24.5 Å². The predicted molar refractivity (Wildman–Crippen MR) is 52.8 cm³/mol. The van der Waals surface area contributed by atoms with Crippen LogP contribution in [0.4, 0.5) is 4.79 Å². The van der Waals surface area contributed by atoms with Gasteiger partial charge in [0.2, 0.25) is 0 Å². The third-order valence-corrected chi connectivity index (χ3v) is 1.76. The largest absolute Gasteiger partial charge is 0.439 e. The maximum atomic E-state index is 10.7. The van der Waals surface area contributed by atoms with Gasteiger partial charge in [-0.2, -0.15) is 0 Å². The summed E-state index contributed by atoms with van der Waals surface area (Å²) in [7, 11) is 0. The third-order valence-electron chi connectivity index (χ3n) is 1.76. The lowest BCUT2D eigenvalue weighted by molar-refractivity contribution is 0.141. The van der Waals surface area contributed by atoms with Crippen LogP contribution in [0, 0.1) is 0 Å². The van der Waals surface area contributed by atoms with Crippen molar-refractivity contribution < 1.29 is 9.53 Å². The second kappa shape index (κ2) is 5.21. The summed E-state index contributed by atoms with van der Waals surface area (Å²) in [4.78, 5) is 14.6. The molecule has 0 aromatic carbocycles. The van der Waals surface area contributed by atoms with E-state index in [1.807, 2.05) is 26.0 Å². The molecular weight excluding hydrogens is 180 g/mol. The zero-order valence-electron chi connectivity index (χ0n) is 8.36. The van der Waals surface area contributed by atoms with Crippen LogP contribution in [0.25, 0.3) is 0 Å². The fourth-order valence-electron chi connectivity index (χ4n) is 1.15. The van der Waals surface area contributed by atoms with Gasteiger partial charge in [-0.25, -0.2) is 4.79 Å². The van der Waals surface area contributed by atoms with Gasteiger partial charge in [0.1, 0.15) is 6.10 Å². The van der Waals surface area contributed by atoms with Gasteiger partial charge >= 0.3 is 6.09 Å². The molecule has 1 aromatic heterocycles. The first-order valence-electron chi connectivity index (χ1n) is 4.70. The summed E-state index contributed by atoms with van der Waals surface area (Å²) >= 11 is 0. The second-order valence-corrected chi connectivity index (χ2v) is 2.56. The summed E-state index contributed by atoms with van der Waals surface area (Å²) in [5.74, 6) is 0. The van der Waals surface area contributed by atoms with E-state index in [2.05, 4.69) is 10.3 Å². The van der Waals surface area contributed by atoms with Crippen LogP contribution in [-0.2, 0) is 4.74 Å². The van der Waals surface area contributed by atoms with Crippen molar-refractivity contribution in [3.05, 3.63) is 30.1 Å². The number of carbonyl (C=O) groups excluding carboxylic acids is 1. The highest BCUT2D eigenvalue weighted by molar-refractivity contribution is 5.69. The Morgan fingerprint density at radius 3 is 2.57 bits per heavy atom. The van der Waals surface area contributed by atoms with E-state index in [0.29, 0.717) is 6.54 Å². The Morgan fingerprint density at radius 2 is 2.07 bits per heavy atom. The van der Waals surface area contributed by atoms with Crippen LogP contribution in [0.3, 0.4) is 0 Å². The number of hydrogen-bond donors (Lipinski definition) is 1. The minimum absolute atomic E-state index is 0.152. The van der Waals surface area contributed by atoms with Gasteiger partial charge in [-0.15, -0.1) is 0 Å². The smallest absolute Gasteiger partial charge is 0.407 e. The van der Waals surface area contributed by atoms with Crippen LogP contribution in [0.1, 0.15) is 25.5 Å². The molecule has 1 fully saturated rings. The monoisotopic (exact) mass is 194 g/mol. The fourth-order valence-corrected chi connectivity index (χ4v) is 1.15. The van der Waals surface area contributed by atoms with Crippen molar-refractivity contribution in [2.24, 2.45) is 0 Å². The number of rotatable bonds is 1. The van der Waals surface area contributed by atoms with Gasteiger partial charge in [0, 0.05) is 12.4 Å². The molecule has 1 aromatic rings. The molecule has 4 nitrogen and oxygen atoms in total. The van der Waals surface area contributed by atoms with Crippen LogP contribution in [-0.4, -0.2) is 17.6 Å². The van der Waals surface area contributed by atoms with Gasteiger partial charge in [0.15, 0.2) is 0 Å². The molecule has 0 spiro atoms. The first kappa shape index (κ1) is 10.5. The minimum Gasteiger partial charge on any atom is -0.439 e. The van der Waals surface area contributed by atoms with Crippen molar-refractivity contribution in [1.82, 2.24) is 10.3 Å². The average Bonchev–Trinajstić information content (AvgIpc) is 2.69. The highest BCUT2D eigenvalue weighted by atomic mass is 16.6. The zero-order chi connectivity index (χ0) is 10.4. The van der Waals surface area contributed by atoms with Crippen molar-refractivity contribution in [3.8, 4) is 0 Å². The Bertz CT molecular complexity index is 287. The molecule has 0 aliphatic carbocycles. The number of nitrogens with one attached hydrogen (secondary N) is 1. The van der Waals surface area contributed by atoms with E-state index in [4.69, 9.17) is 4.74 Å². The van der Waals surface area contributed by atoms with Crippen molar-refractivity contribution in [1.29, 1.82) is 0 Å². The Kier molecular flexibility index (Phi) is 3.91. The minimum atomic E-state index is -0.350. The number of amides is 1. The summed E-state index contributed by atoms with van der Waals surface area (Å²) in [6.07, 6.45) is 2.86. The lowest BCUT2D eigenvalue weighted by Gasteiger charge is -2.05. The van der Waals surface area contributed by atoms with E-state index in [9.17, 15) is 4.79 Å². The molecule has 1 saturated heterocycles. The van der Waals surface area contributed by atoms with Gasteiger partial charge in [0.25, 0.3) is 0 Å². The predicted octanol–water partition coefficient (Wildman–Crippen LogP) is 1.89. The van der Waals surface area contributed by atoms with Crippen LogP contribution in [0.5, 0.6) is 0 Å². The number of ether oxygens (including phenoxy) is 1. The molecule has 1 amide bonds. The summed E-state index contributed by atoms with van der Waals surface area (Å²) in [6, 6.07) is 3.68. The molecule has 4 heteroatoms. The van der Waals surface area contributed by atoms with Gasteiger partial charge in [-0.3, -0.25) is 4.98 Å². The quantitative estimate of drug-likeness (QED) is 0.742. The van der Waals surface area contributed by atoms with Gasteiger partial charge in [0.05, 0.1) is 6.54 Å². The van der Waals surface area contributed by atoms with Gasteiger partial charge in [-0.1, -0.05) is 13.8 Å². The second-order valence-electron chi connectivity index (χ2n) is 2.56. The summed E-state index contributed by atoms with van der Waals surface area (Å²) in [6.45, 7) is 4.54. The Balaban J connectivity index is 0.000000461. The number of hydrogen-bond acceptors (Lipinski definition) is 3. The standard InChI is InChI=1S/C8H8N2O2.C2H6/c11-8-10-5-7(12-8)6-1-3-9-4-2-6;1-2/h1-4,7H,5H2,(H,10,11);1-2H3. The maximum Gasteiger partial charge on any atom is 0.407 e. The molecule has 76 valence electrons. The van der Waals surface area contributed by atoms with Crippen LogP contribution < -0.4 is 5.32 Å². The van der Waals surface area contributed by atoms with Crippen molar-refractivity contribution >= 4 is 6.09 Å². The van der Waals surface area contributed by atoms with Gasteiger partial charge in [-0.05, 0) is 17.7 Å².